The van der Waals surface area contributed by atoms with E-state index in [9.17, 15) is 5.11 Å². The maximum atomic E-state index is 9.90. The van der Waals surface area contributed by atoms with E-state index in [0.29, 0.717) is 37.4 Å². The monoisotopic (exact) mass is 285 g/mol. The van der Waals surface area contributed by atoms with Crippen molar-refractivity contribution in [2.24, 2.45) is 0 Å². The van der Waals surface area contributed by atoms with Gasteiger partial charge in [0.2, 0.25) is 0 Å². The Morgan fingerprint density at radius 3 is 2.95 bits per heavy atom. The van der Waals surface area contributed by atoms with E-state index in [1.165, 1.54) is 0 Å². The van der Waals surface area contributed by atoms with Crippen molar-refractivity contribution in [3.05, 3.63) is 16.3 Å². The van der Waals surface area contributed by atoms with Crippen molar-refractivity contribution in [1.82, 2.24) is 10.2 Å². The molecule has 0 aromatic carbocycles. The zero-order chi connectivity index (χ0) is 13.2. The number of aromatic nitrogens is 2. The molecule has 19 heavy (non-hydrogen) atoms. The minimum atomic E-state index is -0.536. The molecular weight excluding hydrogens is 270 g/mol. The number of fused-ring (bicyclic) bond motifs is 1. The molecule has 0 amide bonds. The largest absolute Gasteiger partial charge is 0.389 e. The molecule has 1 saturated heterocycles. The summed E-state index contributed by atoms with van der Waals surface area (Å²) >= 11 is 6.06. The molecule has 3 rings (SSSR count). The Hall–Kier alpha value is -0.950. The van der Waals surface area contributed by atoms with E-state index in [0.717, 1.165) is 24.0 Å². The minimum Gasteiger partial charge on any atom is -0.389 e. The molecule has 0 saturated carbocycles. The lowest BCUT2D eigenvalue weighted by Gasteiger charge is -2.30. The van der Waals surface area contributed by atoms with E-state index in [1.54, 1.807) is 0 Å². The Balaban J connectivity index is 1.84. The molecule has 104 valence electrons. The Kier molecular flexibility index (Phi) is 3.83. The van der Waals surface area contributed by atoms with Crippen LogP contribution in [0, 0.1) is 0 Å². The molecule has 0 bridgehead atoms. The lowest BCUT2D eigenvalue weighted by molar-refractivity contribution is -0.0136. The zero-order valence-electron chi connectivity index (χ0n) is 10.4. The molecule has 2 aliphatic rings. The second kappa shape index (κ2) is 5.58. The van der Waals surface area contributed by atoms with Crippen molar-refractivity contribution >= 4 is 17.4 Å². The number of ether oxygens (including phenoxy) is 2. The Bertz CT molecular complexity index is 472. The standard InChI is InChI=1S/C12H16ClN3O3/c13-11-7-1-3-18-5-8(7)12(16-15-11)14-9-2-4-19-6-10(9)17/h9-10,17H,1-6H2,(H,14,16)/t9-,10-/m1/s1. The van der Waals surface area contributed by atoms with Crippen LogP contribution in [0.4, 0.5) is 5.82 Å². The van der Waals surface area contributed by atoms with Crippen LogP contribution in [0.2, 0.25) is 5.15 Å². The van der Waals surface area contributed by atoms with E-state index in [-0.39, 0.29) is 6.04 Å². The van der Waals surface area contributed by atoms with Gasteiger partial charge in [0.1, 0.15) is 0 Å². The van der Waals surface area contributed by atoms with E-state index in [1.807, 2.05) is 0 Å². The molecule has 2 atom stereocenters. The summed E-state index contributed by atoms with van der Waals surface area (Å²) in [6.07, 6.45) is 0.946. The first kappa shape index (κ1) is 13.1. The van der Waals surface area contributed by atoms with Crippen molar-refractivity contribution in [2.75, 3.05) is 25.1 Å². The highest BCUT2D eigenvalue weighted by atomic mass is 35.5. The van der Waals surface area contributed by atoms with Crippen LogP contribution < -0.4 is 5.32 Å². The third-order valence-corrected chi connectivity index (χ3v) is 3.83. The van der Waals surface area contributed by atoms with Gasteiger partial charge in [-0.2, -0.15) is 0 Å². The summed E-state index contributed by atoms with van der Waals surface area (Å²) in [5, 5.41) is 21.6. The molecule has 3 heterocycles. The number of aliphatic hydroxyl groups excluding tert-OH is 1. The third-order valence-electron chi connectivity index (χ3n) is 3.53. The number of anilines is 1. The van der Waals surface area contributed by atoms with Crippen molar-refractivity contribution in [1.29, 1.82) is 0 Å². The quantitative estimate of drug-likeness (QED) is 0.836. The molecular formula is C12H16ClN3O3. The van der Waals surface area contributed by atoms with Crippen molar-refractivity contribution < 1.29 is 14.6 Å². The van der Waals surface area contributed by atoms with Crippen LogP contribution in [-0.4, -0.2) is 47.3 Å². The lowest BCUT2D eigenvalue weighted by atomic mass is 10.0. The van der Waals surface area contributed by atoms with Gasteiger partial charge in [-0.05, 0) is 12.8 Å². The number of hydrogen-bond donors (Lipinski definition) is 2. The van der Waals surface area contributed by atoms with Crippen LogP contribution in [-0.2, 0) is 22.5 Å². The Morgan fingerprint density at radius 2 is 2.11 bits per heavy atom. The first-order valence-electron chi connectivity index (χ1n) is 6.39. The normalized spacial score (nSPS) is 26.8. The number of aliphatic hydroxyl groups is 1. The van der Waals surface area contributed by atoms with Gasteiger partial charge in [0.25, 0.3) is 0 Å². The van der Waals surface area contributed by atoms with Crippen LogP contribution in [0.3, 0.4) is 0 Å². The predicted molar refractivity (Wildman–Crippen MR) is 69.3 cm³/mol. The van der Waals surface area contributed by atoms with Gasteiger partial charge >= 0.3 is 0 Å². The molecule has 0 spiro atoms. The molecule has 2 aliphatic heterocycles. The first-order chi connectivity index (χ1) is 9.25. The highest BCUT2D eigenvalue weighted by Gasteiger charge is 2.26. The smallest absolute Gasteiger partial charge is 0.155 e. The zero-order valence-corrected chi connectivity index (χ0v) is 11.2. The van der Waals surface area contributed by atoms with E-state index in [2.05, 4.69) is 15.5 Å². The second-order valence-corrected chi connectivity index (χ2v) is 5.14. The summed E-state index contributed by atoms with van der Waals surface area (Å²) in [6.45, 7) is 2.11. The summed E-state index contributed by atoms with van der Waals surface area (Å²) in [6, 6.07) is -0.0738. The van der Waals surface area contributed by atoms with Crippen LogP contribution in [0.25, 0.3) is 0 Å². The average molecular weight is 286 g/mol. The van der Waals surface area contributed by atoms with Gasteiger partial charge in [0.05, 0.1) is 32.0 Å². The highest BCUT2D eigenvalue weighted by molar-refractivity contribution is 6.30. The topological polar surface area (TPSA) is 76.5 Å². The molecule has 7 heteroatoms. The molecule has 0 unspecified atom stereocenters. The molecule has 2 N–H and O–H groups in total. The second-order valence-electron chi connectivity index (χ2n) is 4.78. The van der Waals surface area contributed by atoms with E-state index in [4.69, 9.17) is 21.1 Å². The van der Waals surface area contributed by atoms with Gasteiger partial charge < -0.3 is 19.9 Å². The van der Waals surface area contributed by atoms with Crippen LogP contribution in [0.1, 0.15) is 17.5 Å². The van der Waals surface area contributed by atoms with E-state index < -0.39 is 6.10 Å². The number of halogens is 1. The SMILES string of the molecule is O[C@@H]1COCC[C@H]1Nc1nnc(Cl)c2c1COCC2. The van der Waals surface area contributed by atoms with Gasteiger partial charge in [0.15, 0.2) is 11.0 Å². The maximum absolute atomic E-state index is 9.90. The van der Waals surface area contributed by atoms with Crippen LogP contribution in [0.5, 0.6) is 0 Å². The lowest BCUT2D eigenvalue weighted by Crippen LogP contribution is -2.42. The molecule has 1 aromatic heterocycles. The first-order valence-corrected chi connectivity index (χ1v) is 6.77. The van der Waals surface area contributed by atoms with Crippen molar-refractivity contribution in [3.8, 4) is 0 Å². The Labute approximate surface area is 116 Å². The number of hydrogen-bond acceptors (Lipinski definition) is 6. The van der Waals surface area contributed by atoms with Gasteiger partial charge in [-0.1, -0.05) is 11.6 Å². The number of nitrogens with one attached hydrogen (secondary N) is 1. The molecule has 1 fully saturated rings. The van der Waals surface area contributed by atoms with Crippen LogP contribution in [0.15, 0.2) is 0 Å². The summed E-state index contributed by atoms with van der Waals surface area (Å²) in [5.41, 5.74) is 1.94. The maximum Gasteiger partial charge on any atom is 0.155 e. The summed E-state index contributed by atoms with van der Waals surface area (Å²) in [5.74, 6) is 0.657. The molecule has 0 aliphatic carbocycles. The fourth-order valence-corrected chi connectivity index (χ4v) is 2.67. The summed E-state index contributed by atoms with van der Waals surface area (Å²) in [4.78, 5) is 0. The third kappa shape index (κ3) is 2.67. The molecule has 6 nitrogen and oxygen atoms in total. The van der Waals surface area contributed by atoms with Gasteiger partial charge in [0, 0.05) is 17.7 Å². The van der Waals surface area contributed by atoms with Crippen molar-refractivity contribution in [3.63, 3.8) is 0 Å². The molecule has 1 aromatic rings. The summed E-state index contributed by atoms with van der Waals surface area (Å²) < 4.78 is 10.7. The Morgan fingerprint density at radius 1 is 1.21 bits per heavy atom. The average Bonchev–Trinajstić information content (AvgIpc) is 2.44. The van der Waals surface area contributed by atoms with Crippen LogP contribution >= 0.6 is 11.6 Å². The predicted octanol–water partition coefficient (Wildman–Crippen LogP) is 0.764. The fourth-order valence-electron chi connectivity index (χ4n) is 2.42. The van der Waals surface area contributed by atoms with Gasteiger partial charge in [-0.25, -0.2) is 0 Å². The van der Waals surface area contributed by atoms with E-state index >= 15 is 0 Å². The molecule has 0 radical (unpaired) electrons. The van der Waals surface area contributed by atoms with Gasteiger partial charge in [-0.3, -0.25) is 0 Å². The van der Waals surface area contributed by atoms with Crippen molar-refractivity contribution in [2.45, 2.75) is 31.6 Å². The summed E-state index contributed by atoms with van der Waals surface area (Å²) in [7, 11) is 0. The highest BCUT2D eigenvalue weighted by Crippen LogP contribution is 2.28. The fraction of sp³-hybridized carbons (Fsp3) is 0.667. The number of nitrogens with zero attached hydrogens (tertiary/aromatic N) is 2. The minimum absolute atomic E-state index is 0.0738. The van der Waals surface area contributed by atoms with Gasteiger partial charge in [-0.15, -0.1) is 10.2 Å². The number of rotatable bonds is 2.